The van der Waals surface area contributed by atoms with Gasteiger partial charge in [-0.1, -0.05) is 6.92 Å². The molecular weight excluding hydrogens is 298 g/mol. The van der Waals surface area contributed by atoms with Crippen LogP contribution in [0, 0.1) is 17.0 Å². The van der Waals surface area contributed by atoms with E-state index in [0.717, 1.165) is 17.8 Å². The van der Waals surface area contributed by atoms with Gasteiger partial charge in [0.2, 0.25) is 0 Å². The maximum atomic E-state index is 11.1. The minimum absolute atomic E-state index is 0.0223. The van der Waals surface area contributed by atoms with E-state index < -0.39 is 10.9 Å². The van der Waals surface area contributed by atoms with Crippen molar-refractivity contribution in [1.29, 1.82) is 0 Å². The molecule has 112 valence electrons. The average Bonchev–Trinajstić information content (AvgIpc) is 2.96. The van der Waals surface area contributed by atoms with E-state index in [1.807, 2.05) is 6.92 Å². The van der Waals surface area contributed by atoms with Gasteiger partial charge in [-0.15, -0.1) is 11.3 Å². The van der Waals surface area contributed by atoms with Crippen LogP contribution in [0.2, 0.25) is 0 Å². The molecule has 2 aromatic rings. The van der Waals surface area contributed by atoms with Crippen molar-refractivity contribution in [2.24, 2.45) is 0 Å². The van der Waals surface area contributed by atoms with Crippen LogP contribution < -0.4 is 4.74 Å². The zero-order valence-corrected chi connectivity index (χ0v) is 12.2. The Morgan fingerprint density at radius 1 is 1.62 bits per heavy atom. The fourth-order valence-corrected chi connectivity index (χ4v) is 2.47. The molecule has 0 aliphatic rings. The Kier molecular flexibility index (Phi) is 4.22. The molecule has 0 fully saturated rings. The summed E-state index contributed by atoms with van der Waals surface area (Å²) in [5, 5.41) is 25.6. The molecule has 2 aromatic heterocycles. The van der Waals surface area contributed by atoms with Crippen molar-refractivity contribution in [2.45, 2.75) is 26.8 Å². The maximum Gasteiger partial charge on any atom is 0.353 e. The van der Waals surface area contributed by atoms with Gasteiger partial charge in [0.05, 0.1) is 4.92 Å². The lowest BCUT2D eigenvalue weighted by Gasteiger charge is -2.05. The number of carboxylic acid groups (broad SMARTS) is 1. The third-order valence-electron chi connectivity index (χ3n) is 2.67. The van der Waals surface area contributed by atoms with Crippen molar-refractivity contribution >= 4 is 23.0 Å². The lowest BCUT2D eigenvalue weighted by molar-refractivity contribution is -0.386. The third-order valence-corrected chi connectivity index (χ3v) is 3.57. The number of carboxylic acids is 1. The second-order valence-corrected chi connectivity index (χ2v) is 5.18. The van der Waals surface area contributed by atoms with Crippen molar-refractivity contribution in [1.82, 2.24) is 9.78 Å². The molecule has 0 unspecified atom stereocenters. The summed E-state index contributed by atoms with van der Waals surface area (Å²) < 4.78 is 6.93. The summed E-state index contributed by atoms with van der Waals surface area (Å²) in [5.41, 5.74) is 0.0589. The normalized spacial score (nSPS) is 10.6. The number of carbonyl (C=O) groups is 1. The molecular formula is C12H13N3O5S. The Labute approximate surface area is 123 Å². The first kappa shape index (κ1) is 15.0. The molecule has 0 bridgehead atoms. The van der Waals surface area contributed by atoms with Gasteiger partial charge in [0.1, 0.15) is 16.3 Å². The Morgan fingerprint density at radius 3 is 2.86 bits per heavy atom. The topological polar surface area (TPSA) is 107 Å². The number of aromatic carboxylic acids is 1. The van der Waals surface area contributed by atoms with Crippen LogP contribution in [-0.2, 0) is 6.54 Å². The second-order valence-electron chi connectivity index (χ2n) is 4.27. The van der Waals surface area contributed by atoms with E-state index in [4.69, 9.17) is 9.84 Å². The molecule has 0 radical (unpaired) electrons. The summed E-state index contributed by atoms with van der Waals surface area (Å²) >= 11 is 0.993. The second kappa shape index (κ2) is 5.92. The molecule has 1 N–H and O–H groups in total. The van der Waals surface area contributed by atoms with Gasteiger partial charge < -0.3 is 9.84 Å². The fourth-order valence-electron chi connectivity index (χ4n) is 1.82. The van der Waals surface area contributed by atoms with Gasteiger partial charge in [-0.25, -0.2) is 9.48 Å². The largest absolute Gasteiger partial charge is 0.477 e. The van der Waals surface area contributed by atoms with Crippen LogP contribution in [0.15, 0.2) is 11.4 Å². The van der Waals surface area contributed by atoms with E-state index in [2.05, 4.69) is 5.10 Å². The van der Waals surface area contributed by atoms with Gasteiger partial charge in [0.15, 0.2) is 0 Å². The minimum Gasteiger partial charge on any atom is -0.477 e. The predicted molar refractivity (Wildman–Crippen MR) is 75.3 cm³/mol. The number of nitro groups is 1. The van der Waals surface area contributed by atoms with Gasteiger partial charge in [-0.2, -0.15) is 5.10 Å². The SMILES string of the molecule is CCCn1nc(C)c([N+](=O)[O-])c1Oc1csc(C(=O)O)c1. The summed E-state index contributed by atoms with van der Waals surface area (Å²) in [7, 11) is 0. The quantitative estimate of drug-likeness (QED) is 0.649. The average molecular weight is 311 g/mol. The van der Waals surface area contributed by atoms with Crippen molar-refractivity contribution in [2.75, 3.05) is 0 Å². The highest BCUT2D eigenvalue weighted by molar-refractivity contribution is 7.12. The van der Waals surface area contributed by atoms with E-state index in [-0.39, 0.29) is 27.9 Å². The smallest absolute Gasteiger partial charge is 0.353 e. The Balaban J connectivity index is 2.40. The molecule has 2 rings (SSSR count). The van der Waals surface area contributed by atoms with Crippen molar-refractivity contribution in [3.63, 3.8) is 0 Å². The fraction of sp³-hybridized carbons (Fsp3) is 0.333. The van der Waals surface area contributed by atoms with Crippen molar-refractivity contribution < 1.29 is 19.6 Å². The molecule has 0 saturated heterocycles. The van der Waals surface area contributed by atoms with Crippen molar-refractivity contribution in [3.05, 3.63) is 32.1 Å². The van der Waals surface area contributed by atoms with Crippen LogP contribution in [0.5, 0.6) is 11.6 Å². The van der Waals surface area contributed by atoms with E-state index in [0.29, 0.717) is 6.54 Å². The summed E-state index contributed by atoms with van der Waals surface area (Å²) in [5.74, 6) is -0.797. The molecule has 9 heteroatoms. The van der Waals surface area contributed by atoms with Crippen molar-refractivity contribution in [3.8, 4) is 11.6 Å². The van der Waals surface area contributed by atoms with E-state index >= 15 is 0 Å². The highest BCUT2D eigenvalue weighted by Crippen LogP contribution is 2.35. The molecule has 0 spiro atoms. The standard InChI is InChI=1S/C12H13N3O5S/c1-3-4-14-11(10(15(18)19)7(2)13-14)20-8-5-9(12(16)17)21-6-8/h5-6H,3-4H2,1-2H3,(H,16,17). The number of rotatable bonds is 6. The highest BCUT2D eigenvalue weighted by atomic mass is 32.1. The molecule has 2 heterocycles. The van der Waals surface area contributed by atoms with Gasteiger partial charge in [0.25, 0.3) is 5.88 Å². The number of ether oxygens (including phenoxy) is 1. The van der Waals surface area contributed by atoms with E-state index in [9.17, 15) is 14.9 Å². The predicted octanol–water partition coefficient (Wildman–Crippen LogP) is 3.06. The van der Waals surface area contributed by atoms with Gasteiger partial charge in [-0.05, 0) is 13.3 Å². The van der Waals surface area contributed by atoms with Crippen LogP contribution in [-0.4, -0.2) is 25.8 Å². The molecule has 8 nitrogen and oxygen atoms in total. The van der Waals surface area contributed by atoms with Gasteiger partial charge in [0, 0.05) is 18.0 Å². The Morgan fingerprint density at radius 2 is 2.33 bits per heavy atom. The van der Waals surface area contributed by atoms with Crippen LogP contribution in [0.4, 0.5) is 5.69 Å². The number of hydrogen-bond donors (Lipinski definition) is 1. The zero-order valence-electron chi connectivity index (χ0n) is 11.4. The lowest BCUT2D eigenvalue weighted by atomic mass is 10.4. The lowest BCUT2D eigenvalue weighted by Crippen LogP contribution is -2.02. The molecule has 0 amide bonds. The van der Waals surface area contributed by atoms with Gasteiger partial charge >= 0.3 is 11.7 Å². The summed E-state index contributed by atoms with van der Waals surface area (Å²) in [6.45, 7) is 3.92. The van der Waals surface area contributed by atoms with E-state index in [1.54, 1.807) is 0 Å². The van der Waals surface area contributed by atoms with E-state index in [1.165, 1.54) is 23.1 Å². The Hall–Kier alpha value is -2.42. The van der Waals surface area contributed by atoms with Crippen LogP contribution in [0.3, 0.4) is 0 Å². The monoisotopic (exact) mass is 311 g/mol. The highest BCUT2D eigenvalue weighted by Gasteiger charge is 2.27. The maximum absolute atomic E-state index is 11.1. The number of hydrogen-bond acceptors (Lipinski definition) is 6. The third kappa shape index (κ3) is 3.02. The summed E-state index contributed by atoms with van der Waals surface area (Å²) in [4.78, 5) is 21.5. The molecule has 0 atom stereocenters. The number of thiophene rings is 1. The zero-order chi connectivity index (χ0) is 15.6. The molecule has 0 aromatic carbocycles. The Bertz CT molecular complexity index is 691. The first-order valence-corrected chi connectivity index (χ1v) is 7.03. The van der Waals surface area contributed by atoms with Crippen LogP contribution in [0.25, 0.3) is 0 Å². The number of nitrogens with zero attached hydrogens (tertiary/aromatic N) is 3. The number of aromatic nitrogens is 2. The molecule has 0 aliphatic carbocycles. The first-order chi connectivity index (χ1) is 9.93. The molecule has 0 aliphatic heterocycles. The number of aryl methyl sites for hydroxylation is 2. The summed E-state index contributed by atoms with van der Waals surface area (Å²) in [6, 6.07) is 1.33. The van der Waals surface area contributed by atoms with Crippen LogP contribution >= 0.6 is 11.3 Å². The summed E-state index contributed by atoms with van der Waals surface area (Å²) in [6.07, 6.45) is 0.735. The van der Waals surface area contributed by atoms with Crippen LogP contribution in [0.1, 0.15) is 28.7 Å². The first-order valence-electron chi connectivity index (χ1n) is 6.15. The molecule has 21 heavy (non-hydrogen) atoms. The molecule has 0 saturated carbocycles. The van der Waals surface area contributed by atoms with Gasteiger partial charge in [-0.3, -0.25) is 10.1 Å². The minimum atomic E-state index is -1.07.